The number of ether oxygens (including phenoxy) is 2. The Bertz CT molecular complexity index is 324. The maximum atomic E-state index is 11.1. The van der Waals surface area contributed by atoms with E-state index in [4.69, 9.17) is 13.9 Å². The summed E-state index contributed by atoms with van der Waals surface area (Å²) in [6.45, 7) is 3.87. The van der Waals surface area contributed by atoms with Crippen molar-refractivity contribution in [3.05, 3.63) is 43.1 Å². The fourth-order valence-corrected chi connectivity index (χ4v) is 0.858. The number of hydrogen-bond acceptors (Lipinski definition) is 4. The normalized spacial score (nSPS) is 10.1. The molecule has 0 saturated carbocycles. The van der Waals surface area contributed by atoms with Gasteiger partial charge in [-0.05, 0) is 18.2 Å². The molecule has 0 unspecified atom stereocenters. The predicted molar refractivity (Wildman–Crippen MR) is 54.9 cm³/mol. The van der Waals surface area contributed by atoms with E-state index < -0.39 is 5.97 Å². The first-order valence-electron chi connectivity index (χ1n) is 4.44. The number of furan rings is 1. The number of esters is 1. The van der Waals surface area contributed by atoms with Crippen LogP contribution in [-0.2, 0) is 14.3 Å². The molecule has 0 aliphatic rings. The SMILES string of the molecule is C=COCCOC(=O)C=Cc1ccco1. The Kier molecular flexibility index (Phi) is 4.80. The molecule has 4 nitrogen and oxygen atoms in total. The van der Waals surface area contributed by atoms with Crippen molar-refractivity contribution in [2.24, 2.45) is 0 Å². The minimum atomic E-state index is -0.431. The van der Waals surface area contributed by atoms with Gasteiger partial charge in [-0.1, -0.05) is 6.58 Å². The van der Waals surface area contributed by atoms with E-state index in [9.17, 15) is 4.79 Å². The summed E-state index contributed by atoms with van der Waals surface area (Å²) in [7, 11) is 0. The van der Waals surface area contributed by atoms with Crippen molar-refractivity contribution in [1.29, 1.82) is 0 Å². The molecule has 0 N–H and O–H groups in total. The molecule has 0 spiro atoms. The number of carbonyl (C=O) groups is 1. The molecule has 4 heteroatoms. The molecule has 0 bridgehead atoms. The first-order valence-corrected chi connectivity index (χ1v) is 4.44. The van der Waals surface area contributed by atoms with Gasteiger partial charge in [0.15, 0.2) is 0 Å². The second kappa shape index (κ2) is 6.48. The zero-order valence-electron chi connectivity index (χ0n) is 8.22. The lowest BCUT2D eigenvalue weighted by Gasteiger charge is -2.00. The molecule has 1 heterocycles. The minimum Gasteiger partial charge on any atom is -0.498 e. The molecule has 1 aromatic heterocycles. The summed E-state index contributed by atoms with van der Waals surface area (Å²) in [5, 5.41) is 0. The predicted octanol–water partition coefficient (Wildman–Crippen LogP) is 2.00. The molecular weight excluding hydrogens is 196 g/mol. The Hall–Kier alpha value is -1.97. The summed E-state index contributed by atoms with van der Waals surface area (Å²) in [6, 6.07) is 3.48. The Morgan fingerprint density at radius 3 is 3.07 bits per heavy atom. The van der Waals surface area contributed by atoms with Crippen LogP contribution in [0.25, 0.3) is 6.08 Å². The van der Waals surface area contributed by atoms with Crippen LogP contribution < -0.4 is 0 Å². The lowest BCUT2D eigenvalue weighted by atomic mass is 10.4. The number of hydrogen-bond donors (Lipinski definition) is 0. The average Bonchev–Trinajstić information content (AvgIpc) is 2.74. The molecule has 1 rings (SSSR count). The van der Waals surface area contributed by atoms with Crippen molar-refractivity contribution in [3.8, 4) is 0 Å². The van der Waals surface area contributed by atoms with Gasteiger partial charge in [-0.15, -0.1) is 0 Å². The third-order valence-corrected chi connectivity index (χ3v) is 1.49. The van der Waals surface area contributed by atoms with Gasteiger partial charge in [0.1, 0.15) is 19.0 Å². The summed E-state index contributed by atoms with van der Waals surface area (Å²) in [6.07, 6.45) is 5.67. The minimum absolute atomic E-state index is 0.202. The Morgan fingerprint density at radius 2 is 2.40 bits per heavy atom. The number of carbonyl (C=O) groups excluding carboxylic acids is 1. The molecule has 0 atom stereocenters. The lowest BCUT2D eigenvalue weighted by molar-refractivity contribution is -0.138. The highest BCUT2D eigenvalue weighted by Crippen LogP contribution is 2.02. The molecule has 0 aliphatic heterocycles. The zero-order valence-corrected chi connectivity index (χ0v) is 8.22. The maximum Gasteiger partial charge on any atom is 0.331 e. The van der Waals surface area contributed by atoms with Crippen molar-refractivity contribution < 1.29 is 18.7 Å². The van der Waals surface area contributed by atoms with Crippen LogP contribution in [0.5, 0.6) is 0 Å². The van der Waals surface area contributed by atoms with Crippen LogP contribution in [0, 0.1) is 0 Å². The Balaban J connectivity index is 2.21. The van der Waals surface area contributed by atoms with Gasteiger partial charge in [0.2, 0.25) is 0 Å². The molecule has 15 heavy (non-hydrogen) atoms. The van der Waals surface area contributed by atoms with Crippen molar-refractivity contribution >= 4 is 12.0 Å². The lowest BCUT2D eigenvalue weighted by Crippen LogP contribution is -2.06. The highest BCUT2D eigenvalue weighted by Gasteiger charge is 1.96. The first kappa shape index (κ1) is 11.1. The Morgan fingerprint density at radius 1 is 1.53 bits per heavy atom. The summed E-state index contributed by atoms with van der Waals surface area (Å²) in [5.74, 6) is 0.174. The highest BCUT2D eigenvalue weighted by molar-refractivity contribution is 5.86. The van der Waals surface area contributed by atoms with Crippen molar-refractivity contribution in [1.82, 2.24) is 0 Å². The van der Waals surface area contributed by atoms with Gasteiger partial charge >= 0.3 is 5.97 Å². The molecule has 80 valence electrons. The van der Waals surface area contributed by atoms with Crippen LogP contribution in [0.3, 0.4) is 0 Å². The van der Waals surface area contributed by atoms with Crippen LogP contribution in [0.4, 0.5) is 0 Å². The van der Waals surface area contributed by atoms with E-state index in [0.717, 1.165) is 0 Å². The van der Waals surface area contributed by atoms with Crippen molar-refractivity contribution in [2.75, 3.05) is 13.2 Å². The number of rotatable bonds is 6. The van der Waals surface area contributed by atoms with Gasteiger partial charge in [-0.25, -0.2) is 4.79 Å². The average molecular weight is 208 g/mol. The first-order chi connectivity index (χ1) is 7.33. The standard InChI is InChI=1S/C11H12O4/c1-2-13-8-9-15-11(12)6-5-10-4-3-7-14-10/h2-7H,1,8-9H2. The van der Waals surface area contributed by atoms with Gasteiger partial charge < -0.3 is 13.9 Å². The molecule has 0 aliphatic carbocycles. The van der Waals surface area contributed by atoms with E-state index in [2.05, 4.69) is 6.58 Å². The van der Waals surface area contributed by atoms with E-state index in [1.54, 1.807) is 12.1 Å². The van der Waals surface area contributed by atoms with Crippen LogP contribution in [0.1, 0.15) is 5.76 Å². The van der Waals surface area contributed by atoms with Gasteiger partial charge in [0.25, 0.3) is 0 Å². The second-order valence-corrected chi connectivity index (χ2v) is 2.55. The van der Waals surface area contributed by atoms with Crippen LogP contribution >= 0.6 is 0 Å². The molecule has 0 amide bonds. The van der Waals surface area contributed by atoms with Gasteiger partial charge in [0, 0.05) is 6.08 Å². The summed E-state index contributed by atoms with van der Waals surface area (Å²) in [5.41, 5.74) is 0. The van der Waals surface area contributed by atoms with E-state index in [0.29, 0.717) is 12.4 Å². The van der Waals surface area contributed by atoms with Crippen LogP contribution in [-0.4, -0.2) is 19.2 Å². The van der Waals surface area contributed by atoms with E-state index in [1.165, 1.54) is 24.7 Å². The van der Waals surface area contributed by atoms with Crippen molar-refractivity contribution in [3.63, 3.8) is 0 Å². The highest BCUT2D eigenvalue weighted by atomic mass is 16.6. The third-order valence-electron chi connectivity index (χ3n) is 1.49. The fraction of sp³-hybridized carbons (Fsp3) is 0.182. The summed E-state index contributed by atoms with van der Waals surface area (Å²) in [4.78, 5) is 11.1. The van der Waals surface area contributed by atoms with Gasteiger partial charge in [-0.2, -0.15) is 0 Å². The molecular formula is C11H12O4. The van der Waals surface area contributed by atoms with E-state index in [-0.39, 0.29) is 6.61 Å². The molecule has 0 saturated heterocycles. The summed E-state index contributed by atoms with van der Waals surface area (Å²) < 4.78 is 14.6. The van der Waals surface area contributed by atoms with Crippen LogP contribution in [0.15, 0.2) is 41.7 Å². The van der Waals surface area contributed by atoms with Gasteiger partial charge in [-0.3, -0.25) is 0 Å². The van der Waals surface area contributed by atoms with E-state index >= 15 is 0 Å². The monoisotopic (exact) mass is 208 g/mol. The zero-order chi connectivity index (χ0) is 10.9. The van der Waals surface area contributed by atoms with E-state index in [1.807, 2.05) is 0 Å². The smallest absolute Gasteiger partial charge is 0.331 e. The molecule has 1 aromatic rings. The molecule has 0 fully saturated rings. The summed E-state index contributed by atoms with van der Waals surface area (Å²) >= 11 is 0. The van der Waals surface area contributed by atoms with Crippen molar-refractivity contribution in [2.45, 2.75) is 0 Å². The topological polar surface area (TPSA) is 48.7 Å². The van der Waals surface area contributed by atoms with Crippen LogP contribution in [0.2, 0.25) is 0 Å². The maximum absolute atomic E-state index is 11.1. The Labute approximate surface area is 87.8 Å². The second-order valence-electron chi connectivity index (χ2n) is 2.55. The van der Waals surface area contributed by atoms with Gasteiger partial charge in [0.05, 0.1) is 12.5 Å². The molecule has 0 radical (unpaired) electrons. The fourth-order valence-electron chi connectivity index (χ4n) is 0.858. The third kappa shape index (κ3) is 4.71. The quantitative estimate of drug-likeness (QED) is 0.310. The molecule has 0 aromatic carbocycles. The largest absolute Gasteiger partial charge is 0.498 e.